The lowest BCUT2D eigenvalue weighted by atomic mass is 9.92. The number of rotatable bonds is 10. The third-order valence-corrected chi connectivity index (χ3v) is 6.06. The van der Waals surface area contributed by atoms with E-state index < -0.39 is 11.7 Å². The summed E-state index contributed by atoms with van der Waals surface area (Å²) in [4.78, 5) is 33.6. The van der Waals surface area contributed by atoms with Gasteiger partial charge in [0.05, 0.1) is 31.7 Å². The van der Waals surface area contributed by atoms with Gasteiger partial charge in [0.1, 0.15) is 11.5 Å². The molecule has 2 fully saturated rings. The Labute approximate surface area is 175 Å². The number of aliphatic hydroxyl groups excluding tert-OH is 1. The van der Waals surface area contributed by atoms with Crippen LogP contribution in [0.15, 0.2) is 0 Å². The summed E-state index contributed by atoms with van der Waals surface area (Å²) in [5, 5.41) is 22.1. The number of halogens is 1. The quantitative estimate of drug-likeness (QED) is 0.293. The number of amides is 2. The van der Waals surface area contributed by atoms with Gasteiger partial charge in [-0.3, -0.25) is 14.8 Å². The van der Waals surface area contributed by atoms with E-state index in [1.165, 1.54) is 0 Å². The van der Waals surface area contributed by atoms with Gasteiger partial charge in [-0.15, -0.1) is 0 Å². The number of carbonyl (C=O) groups is 2. The molecule has 1 aliphatic heterocycles. The monoisotopic (exact) mass is 423 g/mol. The molecule has 30 heavy (non-hydrogen) atoms. The summed E-state index contributed by atoms with van der Waals surface area (Å²) in [6, 6.07) is -0.161. The second-order valence-corrected chi connectivity index (χ2v) is 8.20. The van der Waals surface area contributed by atoms with Gasteiger partial charge in [0.2, 0.25) is 12.3 Å². The maximum absolute atomic E-state index is 15.0. The van der Waals surface area contributed by atoms with Crippen molar-refractivity contribution < 1.29 is 24.3 Å². The molecule has 9 nitrogen and oxygen atoms in total. The number of hydrogen-bond donors (Lipinski definition) is 3. The average Bonchev–Trinajstić information content (AvgIpc) is 3.21. The second-order valence-electron chi connectivity index (χ2n) is 8.20. The van der Waals surface area contributed by atoms with E-state index in [-0.39, 0.29) is 49.6 Å². The molecule has 1 saturated heterocycles. The molecule has 10 heteroatoms. The Bertz CT molecular complexity index is 757. The molecule has 166 valence electrons. The highest BCUT2D eigenvalue weighted by atomic mass is 19.1. The normalized spacial score (nSPS) is 20.0. The van der Waals surface area contributed by atoms with Gasteiger partial charge in [0.25, 0.3) is 0 Å². The first-order chi connectivity index (χ1) is 14.4. The fourth-order valence-corrected chi connectivity index (χ4v) is 4.31. The highest BCUT2D eigenvalue weighted by molar-refractivity contribution is 5.79. The topological polar surface area (TPSA) is 119 Å². The van der Waals surface area contributed by atoms with Gasteiger partial charge in [0, 0.05) is 6.54 Å². The standard InChI is InChI=1S/C20H30FN5O4/c1-13-23-17(18(21)19(24-13)26-7-6-16(26)11-27)9-22-20(29)15(10-25(30)12-28)8-14-4-2-3-5-14/h12,14-16,27,30H,2-11H2,1H3,(H,22,29)/t15-,16+/m1/s1. The van der Waals surface area contributed by atoms with Gasteiger partial charge in [-0.05, 0) is 25.7 Å². The summed E-state index contributed by atoms with van der Waals surface area (Å²) in [5.74, 6) is -0.637. The summed E-state index contributed by atoms with van der Waals surface area (Å²) in [6.07, 6.45) is 5.91. The van der Waals surface area contributed by atoms with Crippen LogP contribution in [-0.4, -0.2) is 63.4 Å². The molecule has 1 saturated carbocycles. The minimum atomic E-state index is -0.608. The number of nitrogens with one attached hydrogen (secondary N) is 1. The molecule has 2 amide bonds. The van der Waals surface area contributed by atoms with Gasteiger partial charge in [-0.25, -0.2) is 19.4 Å². The lowest BCUT2D eigenvalue weighted by Crippen LogP contribution is -2.51. The minimum absolute atomic E-state index is 0.0744. The Kier molecular flexibility index (Phi) is 7.54. The third kappa shape index (κ3) is 5.23. The van der Waals surface area contributed by atoms with Gasteiger partial charge in [-0.2, -0.15) is 0 Å². The highest BCUT2D eigenvalue weighted by Gasteiger charge is 2.32. The zero-order valence-electron chi connectivity index (χ0n) is 17.3. The van der Waals surface area contributed by atoms with Crippen molar-refractivity contribution in [2.75, 3.05) is 24.6 Å². The lowest BCUT2D eigenvalue weighted by Gasteiger charge is -2.41. The van der Waals surface area contributed by atoms with E-state index in [0.717, 1.165) is 32.1 Å². The first-order valence-corrected chi connectivity index (χ1v) is 10.5. The minimum Gasteiger partial charge on any atom is -0.394 e. The Hall–Kier alpha value is -2.33. The van der Waals surface area contributed by atoms with Crippen LogP contribution in [0.25, 0.3) is 0 Å². The van der Waals surface area contributed by atoms with Crippen molar-refractivity contribution in [3.63, 3.8) is 0 Å². The maximum atomic E-state index is 15.0. The Balaban J connectivity index is 1.68. The Morgan fingerprint density at radius 2 is 2.10 bits per heavy atom. The Morgan fingerprint density at radius 1 is 1.37 bits per heavy atom. The molecule has 0 spiro atoms. The fraction of sp³-hybridized carbons (Fsp3) is 0.700. The van der Waals surface area contributed by atoms with Crippen LogP contribution in [0, 0.1) is 24.6 Å². The number of aromatic nitrogens is 2. The smallest absolute Gasteiger partial charge is 0.233 e. The number of anilines is 1. The van der Waals surface area contributed by atoms with Gasteiger partial charge >= 0.3 is 0 Å². The molecular formula is C20H30FN5O4. The zero-order valence-corrected chi connectivity index (χ0v) is 17.3. The first kappa shape index (κ1) is 22.4. The molecule has 3 N–H and O–H groups in total. The van der Waals surface area contributed by atoms with Crippen molar-refractivity contribution in [2.24, 2.45) is 11.8 Å². The van der Waals surface area contributed by atoms with Crippen LogP contribution in [-0.2, 0) is 16.1 Å². The molecule has 2 atom stereocenters. The van der Waals surface area contributed by atoms with Crippen LogP contribution in [0.1, 0.15) is 50.0 Å². The van der Waals surface area contributed by atoms with E-state index in [1.807, 2.05) is 0 Å². The number of hydrogen-bond acceptors (Lipinski definition) is 7. The summed E-state index contributed by atoms with van der Waals surface area (Å²) in [6.45, 7) is 1.96. The molecule has 1 aromatic rings. The van der Waals surface area contributed by atoms with Crippen molar-refractivity contribution in [1.29, 1.82) is 0 Å². The second kappa shape index (κ2) is 10.1. The summed E-state index contributed by atoms with van der Waals surface area (Å²) in [5.41, 5.74) is 0.0744. The van der Waals surface area contributed by atoms with Crippen LogP contribution in [0.3, 0.4) is 0 Å². The van der Waals surface area contributed by atoms with Gasteiger partial charge < -0.3 is 15.3 Å². The van der Waals surface area contributed by atoms with Crippen molar-refractivity contribution in [2.45, 2.75) is 58.0 Å². The van der Waals surface area contributed by atoms with Crippen LogP contribution in [0.4, 0.5) is 10.2 Å². The van der Waals surface area contributed by atoms with Crippen LogP contribution in [0.2, 0.25) is 0 Å². The van der Waals surface area contributed by atoms with Crippen LogP contribution >= 0.6 is 0 Å². The fourth-order valence-electron chi connectivity index (χ4n) is 4.31. The molecule has 0 aromatic carbocycles. The molecule has 2 aliphatic rings. The van der Waals surface area contributed by atoms with E-state index in [9.17, 15) is 24.3 Å². The summed E-state index contributed by atoms with van der Waals surface area (Å²) in [7, 11) is 0. The molecule has 1 aliphatic carbocycles. The van der Waals surface area contributed by atoms with Crippen molar-refractivity contribution in [3.05, 3.63) is 17.3 Å². The molecule has 0 radical (unpaired) electrons. The van der Waals surface area contributed by atoms with Gasteiger partial charge in [-0.1, -0.05) is 25.7 Å². The molecule has 2 heterocycles. The molecule has 0 unspecified atom stereocenters. The SMILES string of the molecule is Cc1nc(CNC(=O)[C@H](CC2CCCC2)CN(O)C=O)c(F)c(N2CC[C@H]2CO)n1. The average molecular weight is 423 g/mol. The van der Waals surface area contributed by atoms with Crippen molar-refractivity contribution in [1.82, 2.24) is 20.3 Å². The summed E-state index contributed by atoms with van der Waals surface area (Å²) >= 11 is 0. The first-order valence-electron chi connectivity index (χ1n) is 10.5. The number of hydroxylamine groups is 2. The number of aliphatic hydroxyl groups is 1. The molecule has 1 aromatic heterocycles. The van der Waals surface area contributed by atoms with Crippen LogP contribution < -0.4 is 10.2 Å². The Morgan fingerprint density at radius 3 is 2.70 bits per heavy atom. The van der Waals surface area contributed by atoms with E-state index >= 15 is 0 Å². The number of carbonyl (C=O) groups excluding carboxylic acids is 2. The van der Waals surface area contributed by atoms with Gasteiger partial charge in [0.15, 0.2) is 11.6 Å². The largest absolute Gasteiger partial charge is 0.394 e. The number of nitrogens with zero attached hydrogens (tertiary/aromatic N) is 4. The van der Waals surface area contributed by atoms with E-state index in [1.54, 1.807) is 11.8 Å². The maximum Gasteiger partial charge on any atom is 0.233 e. The van der Waals surface area contributed by atoms with E-state index in [4.69, 9.17) is 0 Å². The molecular weight excluding hydrogens is 393 g/mol. The summed E-state index contributed by atoms with van der Waals surface area (Å²) < 4.78 is 15.0. The van der Waals surface area contributed by atoms with Crippen molar-refractivity contribution in [3.8, 4) is 0 Å². The lowest BCUT2D eigenvalue weighted by molar-refractivity contribution is -0.155. The number of aryl methyl sites for hydroxylation is 1. The van der Waals surface area contributed by atoms with Crippen LogP contribution in [0.5, 0.6) is 0 Å². The van der Waals surface area contributed by atoms with Crippen molar-refractivity contribution >= 4 is 18.1 Å². The molecule has 3 rings (SSSR count). The predicted octanol–water partition coefficient (Wildman–Crippen LogP) is 1.16. The highest BCUT2D eigenvalue weighted by Crippen LogP contribution is 2.31. The predicted molar refractivity (Wildman–Crippen MR) is 106 cm³/mol. The zero-order chi connectivity index (χ0) is 21.7. The van der Waals surface area contributed by atoms with E-state index in [0.29, 0.717) is 29.8 Å². The molecule has 0 bridgehead atoms. The third-order valence-electron chi connectivity index (χ3n) is 6.06. The van der Waals surface area contributed by atoms with E-state index in [2.05, 4.69) is 15.3 Å².